The summed E-state index contributed by atoms with van der Waals surface area (Å²) in [5.41, 5.74) is -4.33. The Hall–Kier alpha value is -2.71. The van der Waals surface area contributed by atoms with Crippen LogP contribution in [0.4, 0.5) is 4.39 Å². The van der Waals surface area contributed by atoms with Crippen molar-refractivity contribution in [2.24, 2.45) is 4.74 Å². The zero-order chi connectivity index (χ0) is 32.2. The van der Waals surface area contributed by atoms with E-state index in [1.807, 2.05) is 4.98 Å². The average Bonchev–Trinajstić information content (AvgIpc) is 3.18. The van der Waals surface area contributed by atoms with Crippen LogP contribution in [0, 0.1) is 0 Å². The van der Waals surface area contributed by atoms with Gasteiger partial charge in [0.2, 0.25) is 0 Å². The Bertz CT molecular complexity index is 1300. The number of carbonyl (C=O) groups is 1. The summed E-state index contributed by atoms with van der Waals surface area (Å²) in [6.45, 7) is 8.39. The van der Waals surface area contributed by atoms with E-state index < -0.39 is 61.8 Å². The number of nitrogens with one attached hydrogen (secondary N) is 1. The van der Waals surface area contributed by atoms with Crippen molar-refractivity contribution in [2.45, 2.75) is 89.8 Å². The van der Waals surface area contributed by atoms with E-state index >= 15 is 4.39 Å². The molecule has 1 aliphatic heterocycles. The van der Waals surface area contributed by atoms with Gasteiger partial charge in [0, 0.05) is 30.5 Å². The van der Waals surface area contributed by atoms with Crippen LogP contribution in [-0.4, -0.2) is 69.2 Å². The van der Waals surface area contributed by atoms with Crippen LogP contribution < -0.4 is 20.9 Å². The Morgan fingerprint density at radius 1 is 1.23 bits per heavy atom. The predicted octanol–water partition coefficient (Wildman–Crippen LogP) is 3.53. The first-order valence-corrected chi connectivity index (χ1v) is 15.2. The van der Waals surface area contributed by atoms with Crippen molar-refractivity contribution in [1.82, 2.24) is 9.55 Å². The number of hydrogen-bond donors (Lipinski definition) is 3. The number of ether oxygens (including phenoxy) is 3. The third-order valence-electron chi connectivity index (χ3n) is 6.20. The second-order valence-electron chi connectivity index (χ2n) is 9.80. The molecule has 0 aliphatic carbocycles. The van der Waals surface area contributed by atoms with Crippen LogP contribution in [0.25, 0.3) is 0 Å². The van der Waals surface area contributed by atoms with E-state index in [0.717, 1.165) is 43.9 Å². The van der Waals surface area contributed by atoms with Gasteiger partial charge in [0.1, 0.15) is 11.9 Å². The van der Waals surface area contributed by atoms with Crippen molar-refractivity contribution >= 4 is 25.7 Å². The van der Waals surface area contributed by atoms with Crippen LogP contribution in [0.15, 0.2) is 50.9 Å². The van der Waals surface area contributed by atoms with Gasteiger partial charge in [0.05, 0.1) is 0 Å². The van der Waals surface area contributed by atoms with Crippen molar-refractivity contribution in [2.75, 3.05) is 13.2 Å². The maximum Gasteiger partial charge on any atom is 0.346 e. The number of aromatic nitrogens is 2. The number of aliphatic hydroxyl groups excluding tert-OH is 1. The van der Waals surface area contributed by atoms with Gasteiger partial charge in [0.25, 0.3) is 11.8 Å². The summed E-state index contributed by atoms with van der Waals surface area (Å²) < 4.78 is 41.4. The summed E-state index contributed by atoms with van der Waals surface area (Å²) in [4.78, 5) is 48.8. The van der Waals surface area contributed by atoms with Crippen LogP contribution >= 0.6 is 19.8 Å². The minimum atomic E-state index is -3.03. The number of H-pyrrole nitrogens is 1. The number of unbranched alkanes of at least 4 members (excludes halogenated alkanes) is 2. The Kier molecular flexibility index (Phi) is 14.9. The lowest BCUT2D eigenvalue weighted by Gasteiger charge is -2.25. The number of halogens is 2. The van der Waals surface area contributed by atoms with Crippen molar-refractivity contribution < 1.29 is 43.0 Å². The van der Waals surface area contributed by atoms with Gasteiger partial charge < -0.3 is 29.3 Å². The number of benzene rings is 1. The van der Waals surface area contributed by atoms with E-state index in [-0.39, 0.29) is 5.75 Å². The van der Waals surface area contributed by atoms with Crippen LogP contribution in [-0.2, 0) is 18.8 Å². The summed E-state index contributed by atoms with van der Waals surface area (Å²) in [5.74, 6) is -1.27. The molecule has 7 atom stereocenters. The molecule has 1 aromatic heterocycles. The minimum absolute atomic E-state index is 0.102. The number of carboxylic acids is 1. The van der Waals surface area contributed by atoms with E-state index in [1.54, 1.807) is 0 Å². The van der Waals surface area contributed by atoms with Crippen molar-refractivity contribution in [1.29, 1.82) is 0 Å². The molecule has 3 rings (SSSR count). The SMILES string of the molecule is CCCCOCCCC.C[C@H](N=[P+]([O-])OC(Oc1ccc(Cl)cc1)[C@@H]1O[C@@H](n2ccc(=O)[nH]c2=O)[C@](C)(F)[C@@H]1O)C(=O)O. The third-order valence-corrected chi connectivity index (χ3v) is 7.37. The molecule has 240 valence electrons. The first-order valence-electron chi connectivity index (χ1n) is 13.7. The molecular formula is C27H38ClFN3O10P. The van der Waals surface area contributed by atoms with Gasteiger partial charge in [-0.15, -0.1) is 4.52 Å². The number of aromatic amines is 1. The molecule has 3 N–H and O–H groups in total. The number of aliphatic carboxylic acids is 1. The molecule has 1 saturated heterocycles. The second kappa shape index (κ2) is 17.6. The van der Waals surface area contributed by atoms with Crippen LogP contribution in [0.2, 0.25) is 5.02 Å². The van der Waals surface area contributed by atoms with Gasteiger partial charge in [0.15, 0.2) is 24.0 Å². The first kappa shape index (κ1) is 36.5. The maximum absolute atomic E-state index is 15.6. The van der Waals surface area contributed by atoms with E-state index in [4.69, 9.17) is 35.4 Å². The summed E-state index contributed by atoms with van der Waals surface area (Å²) in [6, 6.07) is 5.29. The Labute approximate surface area is 254 Å². The molecular weight excluding hydrogens is 612 g/mol. The highest BCUT2D eigenvalue weighted by Gasteiger charge is 2.59. The number of rotatable bonds is 14. The Morgan fingerprint density at radius 3 is 2.37 bits per heavy atom. The van der Waals surface area contributed by atoms with Gasteiger partial charge in [-0.1, -0.05) is 43.0 Å². The van der Waals surface area contributed by atoms with E-state index in [2.05, 4.69) is 18.6 Å². The summed E-state index contributed by atoms with van der Waals surface area (Å²) in [5, 5.41) is 20.0. The highest BCUT2D eigenvalue weighted by atomic mass is 35.5. The molecule has 16 heteroatoms. The lowest BCUT2D eigenvalue weighted by Crippen LogP contribution is -2.46. The molecule has 0 saturated carbocycles. The largest absolute Gasteiger partial charge is 0.583 e. The van der Waals surface area contributed by atoms with Crippen LogP contribution in [0.1, 0.15) is 59.6 Å². The van der Waals surface area contributed by atoms with Gasteiger partial charge in [-0.05, 0) is 51.0 Å². The maximum atomic E-state index is 15.6. The van der Waals surface area contributed by atoms with Gasteiger partial charge in [-0.3, -0.25) is 14.3 Å². The predicted molar refractivity (Wildman–Crippen MR) is 155 cm³/mol. The molecule has 2 heterocycles. The van der Waals surface area contributed by atoms with Crippen molar-refractivity contribution in [3.63, 3.8) is 0 Å². The molecule has 1 aliphatic rings. The zero-order valence-corrected chi connectivity index (χ0v) is 26.0. The quantitative estimate of drug-likeness (QED) is 0.155. The average molecular weight is 650 g/mol. The number of aliphatic hydroxyl groups is 1. The summed E-state index contributed by atoms with van der Waals surface area (Å²) in [6.07, 6.45) is -1.24. The fourth-order valence-corrected chi connectivity index (χ4v) is 4.59. The highest BCUT2D eigenvalue weighted by molar-refractivity contribution is 7.33. The molecule has 43 heavy (non-hydrogen) atoms. The molecule has 13 nitrogen and oxygen atoms in total. The normalized spacial score (nSPS) is 23.3. The molecule has 1 aromatic carbocycles. The third kappa shape index (κ3) is 11.1. The Morgan fingerprint density at radius 2 is 1.84 bits per heavy atom. The molecule has 0 spiro atoms. The summed E-state index contributed by atoms with van der Waals surface area (Å²) in [7, 11) is -3.03. The van der Waals surface area contributed by atoms with Crippen molar-refractivity contribution in [3.05, 3.63) is 62.4 Å². The first-order chi connectivity index (χ1) is 20.3. The number of carboxylic acid groups (broad SMARTS) is 1. The van der Waals surface area contributed by atoms with E-state index in [0.29, 0.717) is 5.02 Å². The van der Waals surface area contributed by atoms with E-state index in [9.17, 15) is 24.4 Å². The van der Waals surface area contributed by atoms with Gasteiger partial charge >= 0.3 is 19.8 Å². The molecule has 0 radical (unpaired) electrons. The number of nitrogens with zero attached hydrogens (tertiary/aromatic N) is 2. The number of hydrogen-bond acceptors (Lipinski definition) is 10. The Balaban J connectivity index is 0.000000621. The van der Waals surface area contributed by atoms with Crippen molar-refractivity contribution in [3.8, 4) is 5.75 Å². The lowest BCUT2D eigenvalue weighted by molar-refractivity contribution is -0.206. The molecule has 1 fully saturated rings. The lowest BCUT2D eigenvalue weighted by atomic mass is 9.98. The molecule has 2 aromatic rings. The second-order valence-corrected chi connectivity index (χ2v) is 11.2. The highest BCUT2D eigenvalue weighted by Crippen LogP contribution is 2.43. The summed E-state index contributed by atoms with van der Waals surface area (Å²) >= 11 is 5.84. The van der Waals surface area contributed by atoms with Gasteiger partial charge in [-0.2, -0.15) is 0 Å². The fraction of sp³-hybridized carbons (Fsp3) is 0.593. The standard InChI is InChI=1S/C19H20ClFN3O9P.C8H18O/c1-9(15(27)28)23-34(30)33-16(31-11-5-3-10(20)4-6-11)13-14(26)19(2,21)17(32-13)24-8-7-12(25)22-18(24)29;1-3-5-7-9-8-6-4-2/h3-9,13-14,16-17,26H,1-2H3,(H,27,28)(H,22,25,29);3-8H2,1-2H3/t9-,13+,14+,16?,17+,19+;/m0./s1. The number of alkyl halides is 1. The zero-order valence-electron chi connectivity index (χ0n) is 24.4. The van der Waals surface area contributed by atoms with Gasteiger partial charge in [-0.25, -0.2) is 14.0 Å². The van der Waals surface area contributed by atoms with Crippen LogP contribution in [0.5, 0.6) is 5.75 Å². The topological polar surface area (TPSA) is 185 Å². The van der Waals surface area contributed by atoms with Crippen LogP contribution in [0.3, 0.4) is 0 Å². The minimum Gasteiger partial charge on any atom is -0.583 e. The molecule has 0 amide bonds. The molecule has 2 unspecified atom stereocenters. The molecule has 0 bridgehead atoms. The fourth-order valence-electron chi connectivity index (χ4n) is 3.68. The monoisotopic (exact) mass is 649 g/mol. The smallest absolute Gasteiger partial charge is 0.346 e. The van der Waals surface area contributed by atoms with E-state index in [1.165, 1.54) is 49.9 Å².